The topological polar surface area (TPSA) is 54.0 Å². The molecule has 1 aromatic carbocycles. The third-order valence-electron chi connectivity index (χ3n) is 3.04. The number of hydrogen-bond donors (Lipinski definition) is 0. The highest BCUT2D eigenvalue weighted by Crippen LogP contribution is 2.22. The van der Waals surface area contributed by atoms with Gasteiger partial charge in [-0.05, 0) is 44.9 Å². The quantitative estimate of drug-likeness (QED) is 0.439. The molecular weight excluding hydrogens is 332 g/mol. The first-order chi connectivity index (χ1) is 11.4. The first kappa shape index (κ1) is 20.7. The van der Waals surface area contributed by atoms with Gasteiger partial charge in [-0.15, -0.1) is 0 Å². The third-order valence-corrected chi connectivity index (χ3v) is 3.28. The lowest BCUT2D eigenvalue weighted by atomic mass is 10.2. The lowest BCUT2D eigenvalue weighted by molar-refractivity contribution is -0.175. The van der Waals surface area contributed by atoms with Crippen LogP contribution in [0.5, 0.6) is 5.75 Å². The molecular formula is C18H27ClO5. The Balaban J connectivity index is 2.32. The Labute approximate surface area is 149 Å². The van der Waals surface area contributed by atoms with Crippen LogP contribution in [0.3, 0.4) is 0 Å². The number of ether oxygens (including phenoxy) is 4. The van der Waals surface area contributed by atoms with Crippen LogP contribution in [0.1, 0.15) is 39.2 Å². The Hall–Kier alpha value is -1.30. The summed E-state index contributed by atoms with van der Waals surface area (Å²) in [5.41, 5.74) is 0.908. The highest BCUT2D eigenvalue weighted by atomic mass is 35.5. The summed E-state index contributed by atoms with van der Waals surface area (Å²) < 4.78 is 21.8. The van der Waals surface area contributed by atoms with E-state index in [0.29, 0.717) is 23.8 Å². The highest BCUT2D eigenvalue weighted by molar-refractivity contribution is 6.30. The van der Waals surface area contributed by atoms with E-state index in [1.54, 1.807) is 12.1 Å². The number of hydrogen-bond acceptors (Lipinski definition) is 5. The van der Waals surface area contributed by atoms with E-state index in [4.69, 9.17) is 30.5 Å². The van der Waals surface area contributed by atoms with Crippen LogP contribution in [0.15, 0.2) is 18.2 Å². The van der Waals surface area contributed by atoms with E-state index in [1.165, 1.54) is 0 Å². The molecule has 0 saturated heterocycles. The fourth-order valence-electron chi connectivity index (χ4n) is 1.92. The van der Waals surface area contributed by atoms with Crippen molar-refractivity contribution in [2.75, 3.05) is 19.8 Å². The largest absolute Gasteiger partial charge is 0.482 e. The number of aryl methyl sites for hydroxylation is 1. The van der Waals surface area contributed by atoms with Crippen molar-refractivity contribution in [3.8, 4) is 5.75 Å². The van der Waals surface area contributed by atoms with Crippen molar-refractivity contribution in [3.63, 3.8) is 0 Å². The summed E-state index contributed by atoms with van der Waals surface area (Å²) in [5, 5.41) is 0.561. The second-order valence-electron chi connectivity index (χ2n) is 5.69. The second kappa shape index (κ2) is 11.3. The minimum absolute atomic E-state index is 0.0525. The Bertz CT molecular complexity index is 504. The summed E-state index contributed by atoms with van der Waals surface area (Å²) in [6.45, 7) is 8.47. The molecule has 0 N–H and O–H groups in total. The summed E-state index contributed by atoms with van der Waals surface area (Å²) in [4.78, 5) is 11.8. The molecule has 0 aliphatic rings. The summed E-state index contributed by atoms with van der Waals surface area (Å²) >= 11 is 5.91. The molecule has 1 atom stereocenters. The van der Waals surface area contributed by atoms with Gasteiger partial charge < -0.3 is 18.9 Å². The molecule has 6 heteroatoms. The fourth-order valence-corrected chi connectivity index (χ4v) is 2.08. The Morgan fingerprint density at radius 2 is 2.00 bits per heavy atom. The highest BCUT2D eigenvalue weighted by Gasteiger charge is 2.13. The molecule has 0 amide bonds. The SMILES string of the molecule is CCCOC(CCOC(=O)COc1cc(Cl)ccc1C)OC(C)C. The van der Waals surface area contributed by atoms with Crippen LogP contribution in [-0.4, -0.2) is 38.2 Å². The lowest BCUT2D eigenvalue weighted by Crippen LogP contribution is -2.25. The minimum Gasteiger partial charge on any atom is -0.482 e. The van der Waals surface area contributed by atoms with Crippen molar-refractivity contribution < 1.29 is 23.7 Å². The van der Waals surface area contributed by atoms with Crippen LogP contribution in [-0.2, 0) is 19.0 Å². The van der Waals surface area contributed by atoms with Crippen LogP contribution < -0.4 is 4.74 Å². The Morgan fingerprint density at radius 1 is 1.25 bits per heavy atom. The predicted molar refractivity (Wildman–Crippen MR) is 93.5 cm³/mol. The lowest BCUT2D eigenvalue weighted by Gasteiger charge is -2.20. The molecule has 0 aliphatic heterocycles. The molecule has 0 aliphatic carbocycles. The van der Waals surface area contributed by atoms with Crippen LogP contribution in [0.4, 0.5) is 0 Å². The normalized spacial score (nSPS) is 12.2. The number of carbonyl (C=O) groups excluding carboxylic acids is 1. The van der Waals surface area contributed by atoms with Crippen molar-refractivity contribution in [1.29, 1.82) is 0 Å². The van der Waals surface area contributed by atoms with Gasteiger partial charge in [0.2, 0.25) is 0 Å². The van der Waals surface area contributed by atoms with Gasteiger partial charge in [0.05, 0.1) is 12.7 Å². The average molecular weight is 359 g/mol. The molecule has 24 heavy (non-hydrogen) atoms. The molecule has 1 aromatic rings. The van der Waals surface area contributed by atoms with Gasteiger partial charge in [-0.25, -0.2) is 4.79 Å². The van der Waals surface area contributed by atoms with E-state index in [9.17, 15) is 4.79 Å². The number of rotatable bonds is 11. The Morgan fingerprint density at radius 3 is 2.67 bits per heavy atom. The van der Waals surface area contributed by atoms with Crippen molar-refractivity contribution in [1.82, 2.24) is 0 Å². The zero-order valence-electron chi connectivity index (χ0n) is 14.8. The van der Waals surface area contributed by atoms with Crippen molar-refractivity contribution in [2.24, 2.45) is 0 Å². The summed E-state index contributed by atoms with van der Waals surface area (Å²) in [7, 11) is 0. The van der Waals surface area contributed by atoms with Gasteiger partial charge in [-0.2, -0.15) is 0 Å². The van der Waals surface area contributed by atoms with Crippen LogP contribution in [0.2, 0.25) is 5.02 Å². The molecule has 0 heterocycles. The van der Waals surface area contributed by atoms with Crippen LogP contribution in [0, 0.1) is 6.92 Å². The molecule has 0 bridgehead atoms. The van der Waals surface area contributed by atoms with Crippen molar-refractivity contribution >= 4 is 17.6 Å². The van der Waals surface area contributed by atoms with Gasteiger partial charge in [0.25, 0.3) is 0 Å². The molecule has 0 saturated carbocycles. The maximum atomic E-state index is 11.8. The van der Waals surface area contributed by atoms with E-state index in [0.717, 1.165) is 12.0 Å². The average Bonchev–Trinajstić information content (AvgIpc) is 2.52. The maximum absolute atomic E-state index is 11.8. The van der Waals surface area contributed by atoms with E-state index in [-0.39, 0.29) is 25.6 Å². The summed E-state index contributed by atoms with van der Waals surface area (Å²) in [6.07, 6.45) is 1.08. The number of benzene rings is 1. The fraction of sp³-hybridized carbons (Fsp3) is 0.611. The molecule has 0 fully saturated rings. The third kappa shape index (κ3) is 8.52. The van der Waals surface area contributed by atoms with E-state index in [2.05, 4.69) is 0 Å². The Kier molecular flexibility index (Phi) is 9.76. The molecule has 5 nitrogen and oxygen atoms in total. The van der Waals surface area contributed by atoms with Crippen LogP contribution >= 0.6 is 11.6 Å². The summed E-state index contributed by atoms with van der Waals surface area (Å²) in [5.74, 6) is 0.139. The first-order valence-corrected chi connectivity index (χ1v) is 8.61. The smallest absolute Gasteiger partial charge is 0.344 e. The van der Waals surface area contributed by atoms with E-state index >= 15 is 0 Å². The molecule has 136 valence electrons. The van der Waals surface area contributed by atoms with Crippen molar-refractivity contribution in [2.45, 2.75) is 52.9 Å². The standard InChI is InChI=1S/C18H27ClO5/c1-5-9-22-18(24-13(2)3)8-10-21-17(20)12-23-16-11-15(19)7-6-14(16)4/h6-7,11,13,18H,5,8-10,12H2,1-4H3. The van der Waals surface area contributed by atoms with Gasteiger partial charge >= 0.3 is 5.97 Å². The summed E-state index contributed by atoms with van der Waals surface area (Å²) in [6, 6.07) is 5.28. The maximum Gasteiger partial charge on any atom is 0.344 e. The van der Waals surface area contributed by atoms with Crippen molar-refractivity contribution in [3.05, 3.63) is 28.8 Å². The molecule has 0 spiro atoms. The van der Waals surface area contributed by atoms with E-state index in [1.807, 2.05) is 33.8 Å². The van der Waals surface area contributed by atoms with Gasteiger partial charge in [-0.1, -0.05) is 24.6 Å². The van der Waals surface area contributed by atoms with Gasteiger partial charge in [0.1, 0.15) is 5.75 Å². The van der Waals surface area contributed by atoms with Gasteiger partial charge in [-0.3, -0.25) is 0 Å². The zero-order valence-corrected chi connectivity index (χ0v) is 15.6. The monoisotopic (exact) mass is 358 g/mol. The van der Waals surface area contributed by atoms with Crippen LogP contribution in [0.25, 0.3) is 0 Å². The van der Waals surface area contributed by atoms with Gasteiger partial charge in [0, 0.05) is 18.1 Å². The number of carbonyl (C=O) groups is 1. The number of esters is 1. The first-order valence-electron chi connectivity index (χ1n) is 8.24. The number of halogens is 1. The van der Waals surface area contributed by atoms with E-state index < -0.39 is 5.97 Å². The zero-order chi connectivity index (χ0) is 17.9. The second-order valence-corrected chi connectivity index (χ2v) is 6.13. The molecule has 1 rings (SSSR count). The predicted octanol–water partition coefficient (Wildman–Crippen LogP) is 4.14. The van der Waals surface area contributed by atoms with Gasteiger partial charge in [0.15, 0.2) is 12.9 Å². The molecule has 0 aromatic heterocycles. The minimum atomic E-state index is -0.437. The molecule has 0 radical (unpaired) electrons. The molecule has 1 unspecified atom stereocenters.